The standard InChI is InChI=1S/C22H26FNO/c23-22-9-13-7-15(10-22)20(16(8-13)11-22)24-12-19-17-4-2-1-3-14(17)5-6-18(19)21(24)25/h1-4,13,15-16,18-20H,5-12H2/t13?,15-,16+,18-,19-,20?,22?/m1/s1. The van der Waals surface area contributed by atoms with Gasteiger partial charge in [0.15, 0.2) is 0 Å². The summed E-state index contributed by atoms with van der Waals surface area (Å²) in [6.45, 7) is 0.877. The first-order chi connectivity index (χ1) is 12.1. The molecule has 132 valence electrons. The van der Waals surface area contributed by atoms with Crippen LogP contribution in [0.5, 0.6) is 0 Å². The summed E-state index contributed by atoms with van der Waals surface area (Å²) >= 11 is 0. The van der Waals surface area contributed by atoms with Gasteiger partial charge in [-0.2, -0.15) is 0 Å². The summed E-state index contributed by atoms with van der Waals surface area (Å²) in [5.41, 5.74) is 1.93. The lowest BCUT2D eigenvalue weighted by molar-refractivity contribution is -0.151. The van der Waals surface area contributed by atoms with Crippen LogP contribution in [-0.4, -0.2) is 29.1 Å². The van der Waals surface area contributed by atoms with Crippen molar-refractivity contribution >= 4 is 5.91 Å². The number of hydrogen-bond acceptors (Lipinski definition) is 1. The van der Waals surface area contributed by atoms with E-state index in [0.717, 1.165) is 38.6 Å². The molecule has 7 rings (SSSR count). The van der Waals surface area contributed by atoms with Gasteiger partial charge in [-0.1, -0.05) is 24.3 Å². The van der Waals surface area contributed by atoms with E-state index in [1.807, 2.05) is 0 Å². The second-order valence-electron chi connectivity index (χ2n) is 9.55. The molecule has 0 N–H and O–H groups in total. The van der Waals surface area contributed by atoms with Gasteiger partial charge in [0.1, 0.15) is 5.67 Å². The molecule has 1 aromatic carbocycles. The number of halogens is 1. The SMILES string of the molecule is O=C1[C@@H]2CCc3ccccc3[C@H]2CN1C1[C@@H]2CC3C[C@H]1CC(F)(C3)C2. The van der Waals surface area contributed by atoms with Gasteiger partial charge in [-0.3, -0.25) is 4.79 Å². The van der Waals surface area contributed by atoms with Crippen LogP contribution < -0.4 is 0 Å². The molecule has 1 heterocycles. The maximum atomic E-state index is 15.0. The van der Waals surface area contributed by atoms with Gasteiger partial charge in [0, 0.05) is 24.4 Å². The van der Waals surface area contributed by atoms with Crippen molar-refractivity contribution in [1.29, 1.82) is 0 Å². The van der Waals surface area contributed by atoms with Crippen LogP contribution in [0.4, 0.5) is 4.39 Å². The van der Waals surface area contributed by atoms with Crippen LogP contribution in [-0.2, 0) is 11.2 Å². The van der Waals surface area contributed by atoms with Crippen molar-refractivity contribution in [3.05, 3.63) is 35.4 Å². The molecule has 4 saturated carbocycles. The van der Waals surface area contributed by atoms with E-state index in [1.54, 1.807) is 0 Å². The number of carbonyl (C=O) groups excluding carboxylic acids is 1. The van der Waals surface area contributed by atoms with Crippen molar-refractivity contribution < 1.29 is 9.18 Å². The molecule has 1 saturated heterocycles. The summed E-state index contributed by atoms with van der Waals surface area (Å²) in [7, 11) is 0. The zero-order chi connectivity index (χ0) is 16.8. The number of hydrogen-bond donors (Lipinski definition) is 0. The zero-order valence-corrected chi connectivity index (χ0v) is 14.7. The largest absolute Gasteiger partial charge is 0.338 e. The summed E-state index contributed by atoms with van der Waals surface area (Å²) in [5, 5.41) is 0. The van der Waals surface area contributed by atoms with Gasteiger partial charge in [0.25, 0.3) is 0 Å². The topological polar surface area (TPSA) is 20.3 Å². The van der Waals surface area contributed by atoms with Crippen LogP contribution in [0.3, 0.4) is 0 Å². The van der Waals surface area contributed by atoms with E-state index >= 15 is 4.39 Å². The molecule has 3 heteroatoms. The highest BCUT2D eigenvalue weighted by molar-refractivity contribution is 5.83. The lowest BCUT2D eigenvalue weighted by Crippen LogP contribution is -2.60. The highest BCUT2D eigenvalue weighted by atomic mass is 19.1. The lowest BCUT2D eigenvalue weighted by Gasteiger charge is -2.58. The molecule has 6 aliphatic rings. The maximum absolute atomic E-state index is 15.0. The normalized spacial score (nSPS) is 47.1. The molecule has 7 atom stereocenters. The second-order valence-corrected chi connectivity index (χ2v) is 9.55. The van der Waals surface area contributed by atoms with E-state index in [9.17, 15) is 4.79 Å². The first kappa shape index (κ1) is 14.8. The van der Waals surface area contributed by atoms with Crippen molar-refractivity contribution in [2.45, 2.75) is 62.6 Å². The highest BCUT2D eigenvalue weighted by Gasteiger charge is 2.59. The smallest absolute Gasteiger partial charge is 0.226 e. The summed E-state index contributed by atoms with van der Waals surface area (Å²) < 4.78 is 15.0. The fraction of sp³-hybridized carbons (Fsp3) is 0.682. The Morgan fingerprint density at radius 2 is 1.80 bits per heavy atom. The third-order valence-corrected chi connectivity index (χ3v) is 8.17. The molecule has 0 radical (unpaired) electrons. The minimum absolute atomic E-state index is 0.173. The average molecular weight is 339 g/mol. The molecule has 1 amide bonds. The van der Waals surface area contributed by atoms with Crippen LogP contribution in [0.25, 0.3) is 0 Å². The third-order valence-electron chi connectivity index (χ3n) is 8.17. The van der Waals surface area contributed by atoms with E-state index in [1.165, 1.54) is 11.1 Å². The van der Waals surface area contributed by atoms with Crippen LogP contribution in [0.15, 0.2) is 24.3 Å². The number of nitrogens with zero attached hydrogens (tertiary/aromatic N) is 1. The quantitative estimate of drug-likeness (QED) is 0.754. The van der Waals surface area contributed by atoms with Gasteiger partial charge in [0.2, 0.25) is 5.91 Å². The summed E-state index contributed by atoms with van der Waals surface area (Å²) in [6, 6.07) is 9.02. The zero-order valence-electron chi connectivity index (χ0n) is 14.7. The van der Waals surface area contributed by atoms with Crippen molar-refractivity contribution in [1.82, 2.24) is 4.90 Å². The van der Waals surface area contributed by atoms with Crippen molar-refractivity contribution in [2.24, 2.45) is 23.7 Å². The maximum Gasteiger partial charge on any atom is 0.226 e. The predicted molar refractivity (Wildman–Crippen MR) is 93.9 cm³/mol. The predicted octanol–water partition coefficient (Wildman–Crippen LogP) is 4.09. The Hall–Kier alpha value is -1.38. The second kappa shape index (κ2) is 4.86. The van der Waals surface area contributed by atoms with E-state index in [2.05, 4.69) is 29.2 Å². The van der Waals surface area contributed by atoms with E-state index < -0.39 is 5.67 Å². The fourth-order valence-electron chi connectivity index (χ4n) is 7.56. The molecule has 5 fully saturated rings. The number of rotatable bonds is 1. The van der Waals surface area contributed by atoms with Crippen molar-refractivity contribution in [2.75, 3.05) is 6.54 Å². The molecule has 0 spiro atoms. The van der Waals surface area contributed by atoms with Crippen LogP contribution in [0.2, 0.25) is 0 Å². The van der Waals surface area contributed by atoms with Crippen LogP contribution >= 0.6 is 0 Å². The minimum atomic E-state index is -0.908. The van der Waals surface area contributed by atoms with Gasteiger partial charge < -0.3 is 4.90 Å². The fourth-order valence-corrected chi connectivity index (χ4v) is 7.56. The Morgan fingerprint density at radius 1 is 1.04 bits per heavy atom. The van der Waals surface area contributed by atoms with Crippen LogP contribution in [0, 0.1) is 23.7 Å². The molecule has 3 unspecified atom stereocenters. The molecule has 1 aromatic rings. The minimum Gasteiger partial charge on any atom is -0.338 e. The van der Waals surface area contributed by atoms with Gasteiger partial charge in [-0.05, 0) is 73.8 Å². The molecule has 2 nitrogen and oxygen atoms in total. The van der Waals surface area contributed by atoms with Gasteiger partial charge in [-0.25, -0.2) is 4.39 Å². The lowest BCUT2D eigenvalue weighted by atomic mass is 9.52. The molecule has 4 bridgehead atoms. The first-order valence-corrected chi connectivity index (χ1v) is 10.2. The Kier molecular flexibility index (Phi) is 2.87. The number of alkyl halides is 1. The number of fused-ring (bicyclic) bond motifs is 3. The van der Waals surface area contributed by atoms with Gasteiger partial charge in [-0.15, -0.1) is 0 Å². The monoisotopic (exact) mass is 339 g/mol. The summed E-state index contributed by atoms with van der Waals surface area (Å²) in [4.78, 5) is 15.5. The van der Waals surface area contributed by atoms with E-state index in [-0.39, 0.29) is 5.92 Å². The summed E-state index contributed by atoms with van der Waals surface area (Å²) in [6.07, 6.45) is 6.55. The van der Waals surface area contributed by atoms with Crippen molar-refractivity contribution in [3.8, 4) is 0 Å². The number of carbonyl (C=O) groups is 1. The Bertz CT molecular complexity index is 729. The van der Waals surface area contributed by atoms with Crippen LogP contribution in [0.1, 0.15) is 55.6 Å². The number of aryl methyl sites for hydroxylation is 1. The Labute approximate surface area is 148 Å². The molecule has 25 heavy (non-hydrogen) atoms. The molecule has 1 aliphatic heterocycles. The van der Waals surface area contributed by atoms with E-state index in [0.29, 0.717) is 48.5 Å². The summed E-state index contributed by atoms with van der Waals surface area (Å²) in [5.74, 6) is 2.33. The van der Waals surface area contributed by atoms with E-state index in [4.69, 9.17) is 0 Å². The molecule has 0 aromatic heterocycles. The third kappa shape index (κ3) is 1.98. The number of amides is 1. The highest BCUT2D eigenvalue weighted by Crippen LogP contribution is 2.59. The first-order valence-electron chi connectivity index (χ1n) is 10.2. The number of benzene rings is 1. The van der Waals surface area contributed by atoms with Gasteiger partial charge in [0.05, 0.1) is 0 Å². The molecular formula is C22H26FNO. The molecular weight excluding hydrogens is 313 g/mol. The van der Waals surface area contributed by atoms with Crippen molar-refractivity contribution in [3.63, 3.8) is 0 Å². The van der Waals surface area contributed by atoms with Gasteiger partial charge >= 0.3 is 0 Å². The number of likely N-dealkylation sites (tertiary alicyclic amines) is 1. The Balaban J connectivity index is 1.33. The molecule has 5 aliphatic carbocycles. The Morgan fingerprint density at radius 3 is 2.56 bits per heavy atom. The average Bonchev–Trinajstić information content (AvgIpc) is 2.90.